The van der Waals surface area contributed by atoms with E-state index in [4.69, 9.17) is 41.0 Å². The van der Waals surface area contributed by atoms with Crippen LogP contribution in [0.15, 0.2) is 66.3 Å². The lowest BCUT2D eigenvalue weighted by Crippen LogP contribution is -2.53. The molecule has 0 radical (unpaired) electrons. The van der Waals surface area contributed by atoms with Crippen LogP contribution in [0.25, 0.3) is 0 Å². The molecular formula is C61H83BrClN5O14. The number of methoxy groups -OCH3 is 2. The number of nitrogens with two attached hydrogens (primary N) is 1. The molecule has 82 heavy (non-hydrogen) atoms. The number of epoxide rings is 1. The maximum atomic E-state index is 14.4. The molecule has 6 N–H and O–H groups in total. The smallest absolute Gasteiger partial charge is 0.412 e. The van der Waals surface area contributed by atoms with E-state index < -0.39 is 83.4 Å². The Kier molecular flexibility index (Phi) is 24.9. The van der Waals surface area contributed by atoms with Crippen LogP contribution in [-0.2, 0) is 60.6 Å². The van der Waals surface area contributed by atoms with Gasteiger partial charge in [0.1, 0.15) is 41.0 Å². The minimum absolute atomic E-state index is 0.00850. The number of hydrogen-bond donors (Lipinski definition) is 5. The number of primary amides is 1. The van der Waals surface area contributed by atoms with Gasteiger partial charge in [-0.1, -0.05) is 104 Å². The quantitative estimate of drug-likeness (QED) is 0.0204. The molecule has 450 valence electrons. The fourth-order valence-electron chi connectivity index (χ4n) is 10.7. The number of Topliss-reactive ketones (excluding diaryl/α,β-unsaturated/α-hetero) is 3. The molecule has 3 aliphatic rings. The molecule has 0 saturated carbocycles. The van der Waals surface area contributed by atoms with Gasteiger partial charge in [-0.15, -0.1) is 0 Å². The number of nitrogens with one attached hydrogen (secondary N) is 3. The van der Waals surface area contributed by atoms with Crippen LogP contribution >= 0.6 is 27.5 Å². The first-order chi connectivity index (χ1) is 38.7. The molecule has 0 aliphatic carbocycles. The molecule has 9 atom stereocenters. The Hall–Kier alpha value is -5.93. The number of rotatable bonds is 25. The first-order valence-electron chi connectivity index (χ1n) is 28.0. The molecule has 3 heterocycles. The molecule has 5 rings (SSSR count). The first kappa shape index (κ1) is 66.9. The van der Waals surface area contributed by atoms with Gasteiger partial charge in [0.05, 0.1) is 48.5 Å². The molecule has 4 bridgehead atoms. The van der Waals surface area contributed by atoms with E-state index in [9.17, 15) is 43.5 Å². The summed E-state index contributed by atoms with van der Waals surface area (Å²) < 4.78 is 29.8. The number of alkyl halides is 1. The molecule has 3 aliphatic heterocycles. The van der Waals surface area contributed by atoms with Crippen molar-refractivity contribution in [3.05, 3.63) is 88.0 Å². The number of fused-ring (bicyclic) bond motifs is 5. The van der Waals surface area contributed by atoms with Gasteiger partial charge in [-0.3, -0.25) is 34.1 Å². The number of nitrogens with zero attached hydrogens (tertiary/aromatic N) is 1. The normalized spacial score (nSPS) is 24.6. The summed E-state index contributed by atoms with van der Waals surface area (Å²) in [6.07, 6.45) is 4.36. The van der Waals surface area contributed by atoms with Crippen molar-refractivity contribution in [3.63, 3.8) is 0 Å². The van der Waals surface area contributed by atoms with E-state index in [1.54, 1.807) is 45.2 Å². The van der Waals surface area contributed by atoms with Crippen molar-refractivity contribution in [2.75, 3.05) is 43.4 Å². The van der Waals surface area contributed by atoms with E-state index in [1.807, 2.05) is 45.9 Å². The number of aliphatic hydroxyl groups is 1. The second-order valence-electron chi connectivity index (χ2n) is 22.6. The van der Waals surface area contributed by atoms with Crippen LogP contribution in [0.2, 0.25) is 5.02 Å². The van der Waals surface area contributed by atoms with Gasteiger partial charge in [0, 0.05) is 70.0 Å². The molecule has 0 unspecified atom stereocenters. The Morgan fingerprint density at radius 2 is 1.73 bits per heavy atom. The number of benzene rings is 2. The predicted molar refractivity (Wildman–Crippen MR) is 316 cm³/mol. The van der Waals surface area contributed by atoms with Gasteiger partial charge in [0.2, 0.25) is 11.8 Å². The third-order valence-corrected chi connectivity index (χ3v) is 16.9. The number of ether oxygens (including phenoxy) is 5. The number of carbonyl (C=O) groups excluding carboxylic acids is 8. The predicted octanol–water partition coefficient (Wildman–Crippen LogP) is 9.07. The second-order valence-corrected chi connectivity index (χ2v) is 23.5. The Bertz CT molecular complexity index is 2750. The number of carbonyl (C=O) groups is 8. The summed E-state index contributed by atoms with van der Waals surface area (Å²) >= 11 is 10.1. The van der Waals surface area contributed by atoms with Gasteiger partial charge in [0.25, 0.3) is 0 Å². The van der Waals surface area contributed by atoms with Crippen molar-refractivity contribution in [1.29, 1.82) is 0 Å². The van der Waals surface area contributed by atoms with Crippen molar-refractivity contribution in [2.24, 2.45) is 23.5 Å². The number of urea groups is 1. The summed E-state index contributed by atoms with van der Waals surface area (Å²) in [6, 6.07) is 6.71. The Morgan fingerprint density at radius 1 is 1.02 bits per heavy atom. The van der Waals surface area contributed by atoms with Crippen LogP contribution in [0.4, 0.5) is 21.0 Å². The topological polar surface area (TPSA) is 272 Å². The van der Waals surface area contributed by atoms with Gasteiger partial charge in [-0.2, -0.15) is 0 Å². The van der Waals surface area contributed by atoms with Crippen LogP contribution in [-0.4, -0.2) is 127 Å². The van der Waals surface area contributed by atoms with Gasteiger partial charge < -0.3 is 50.1 Å². The Balaban J connectivity index is 1.33. The highest BCUT2D eigenvalue weighted by Crippen LogP contribution is 2.50. The van der Waals surface area contributed by atoms with E-state index >= 15 is 0 Å². The molecule has 21 heteroatoms. The number of amides is 5. The number of halogens is 2. The van der Waals surface area contributed by atoms with Crippen molar-refractivity contribution in [3.8, 4) is 5.75 Å². The zero-order valence-corrected chi connectivity index (χ0v) is 51.1. The summed E-state index contributed by atoms with van der Waals surface area (Å²) in [5.41, 5.74) is 6.53. The van der Waals surface area contributed by atoms with E-state index in [0.29, 0.717) is 59.3 Å². The standard InChI is InChI=1S/C61H83BrClN5O14/c1-35(2)43(30-42(69)18-13-11-12-14-20-47(70)38(5)34-62)57(74)66-44(19-16-24-65-58(64)75)48(71)28-40-22-23-45(49(29-40)78-9)67-59(76)81-52-31-53(72)68(8)46-27-41(26-37(4)55(46)63)25-36(3)17-15-21-51(79-10)61(77)32-50(80-54(73)33-61)39(6)56-60(52,7)82-56/h15,17,21-23,26-27,29,35,39,43-44,50-52,56,77H,5,11-14,16,18-20,24-25,28,30-34H2,1-4,6-10H3,(H,66,74)(H,67,76)(H3,64,65,75)/b21-15+,36-17+/t39-,43+,44+,50+,51-,52+,56+,60+,61-/m1/s1. The van der Waals surface area contributed by atoms with Crippen molar-refractivity contribution < 1.29 is 67.1 Å². The third kappa shape index (κ3) is 18.5. The number of esters is 1. The number of unbranched alkanes of at least 4 members (excludes halogenated alkanes) is 3. The van der Waals surface area contributed by atoms with Gasteiger partial charge in [-0.05, 0) is 99.3 Å². The van der Waals surface area contributed by atoms with E-state index in [2.05, 4.69) is 38.5 Å². The second kappa shape index (κ2) is 30.6. The zero-order chi connectivity index (χ0) is 60.6. The fourth-order valence-corrected chi connectivity index (χ4v) is 11.3. The fraction of sp³-hybridized carbons (Fsp3) is 0.574. The summed E-state index contributed by atoms with van der Waals surface area (Å²) in [6.45, 7) is 14.9. The van der Waals surface area contributed by atoms with E-state index in [0.717, 1.165) is 29.5 Å². The lowest BCUT2D eigenvalue weighted by molar-refractivity contribution is -0.187. The van der Waals surface area contributed by atoms with Gasteiger partial charge in [0.15, 0.2) is 11.6 Å². The third-order valence-electron chi connectivity index (χ3n) is 15.8. The lowest BCUT2D eigenvalue weighted by atomic mass is 9.78. The van der Waals surface area contributed by atoms with Crippen LogP contribution in [0.1, 0.15) is 128 Å². The average molecular weight is 1230 g/mol. The van der Waals surface area contributed by atoms with Crippen LogP contribution in [0, 0.1) is 24.7 Å². The Morgan fingerprint density at radius 3 is 2.39 bits per heavy atom. The SMILES string of the molecule is C=C(CBr)C(=O)CCCCCCC(=O)C[C@H](C(=O)N[C@@H](CCCNC(N)=O)C(=O)Cc1ccc(NC(=O)O[C@H]2CC(=O)N(C)c3cc(cc(C)c3Cl)C/C(C)=C/C=C/[C@@H](OC)[C@]3(O)CC(=O)O[C@@H](C3)[C@@H](C)[C@@H]3O[C@@]23C)c(OC)c1)C(C)C. The number of anilines is 2. The molecule has 0 spiro atoms. The van der Waals surface area contributed by atoms with Crippen LogP contribution in [0.3, 0.4) is 0 Å². The minimum Gasteiger partial charge on any atom is -0.495 e. The largest absolute Gasteiger partial charge is 0.495 e. The molecule has 2 aromatic carbocycles. The maximum Gasteiger partial charge on any atom is 0.412 e. The van der Waals surface area contributed by atoms with Gasteiger partial charge >= 0.3 is 18.1 Å². The van der Waals surface area contributed by atoms with Gasteiger partial charge in [-0.25, -0.2) is 9.59 Å². The molecular weight excluding hydrogens is 1140 g/mol. The zero-order valence-electron chi connectivity index (χ0n) is 48.8. The molecule has 19 nitrogen and oxygen atoms in total. The highest BCUT2D eigenvalue weighted by molar-refractivity contribution is 9.09. The molecule has 2 saturated heterocycles. The van der Waals surface area contributed by atoms with Crippen molar-refractivity contribution >= 4 is 86.2 Å². The lowest BCUT2D eigenvalue weighted by Gasteiger charge is -2.41. The minimum atomic E-state index is -1.63. The number of aryl methyl sites for hydroxylation is 1. The summed E-state index contributed by atoms with van der Waals surface area (Å²) in [5, 5.41) is 20.9. The molecule has 5 amide bonds. The number of hydrogen-bond acceptors (Lipinski definition) is 14. The Labute approximate surface area is 495 Å². The molecule has 0 aromatic heterocycles. The maximum absolute atomic E-state index is 14.4. The number of ketones is 3. The average Bonchev–Trinajstić information content (AvgIpc) is 2.01. The summed E-state index contributed by atoms with van der Waals surface area (Å²) in [5.74, 6) is -3.31. The highest BCUT2D eigenvalue weighted by atomic mass is 79.9. The van der Waals surface area contributed by atoms with Crippen molar-refractivity contribution in [2.45, 2.75) is 173 Å². The monoisotopic (exact) mass is 1220 g/mol. The van der Waals surface area contributed by atoms with E-state index in [1.165, 1.54) is 25.2 Å². The summed E-state index contributed by atoms with van der Waals surface area (Å²) in [7, 11) is 4.43. The summed E-state index contributed by atoms with van der Waals surface area (Å²) in [4.78, 5) is 108. The highest BCUT2D eigenvalue weighted by Gasteiger charge is 2.64. The first-order valence-corrected chi connectivity index (χ1v) is 29.5. The van der Waals surface area contributed by atoms with Crippen molar-refractivity contribution in [1.82, 2.24) is 10.6 Å². The number of allylic oxidation sites excluding steroid dienone is 4. The molecule has 2 fully saturated rings. The van der Waals surface area contributed by atoms with Crippen LogP contribution < -0.4 is 31.3 Å². The molecule has 2 aromatic rings. The van der Waals surface area contributed by atoms with E-state index in [-0.39, 0.29) is 86.2 Å². The van der Waals surface area contributed by atoms with Crippen LogP contribution in [0.5, 0.6) is 5.75 Å².